The summed E-state index contributed by atoms with van der Waals surface area (Å²) in [4.78, 5) is 15.9. The maximum absolute atomic E-state index is 11.3. The normalized spacial score (nSPS) is 10.9. The lowest BCUT2D eigenvalue weighted by atomic mass is 10.0. The van der Waals surface area contributed by atoms with Gasteiger partial charge in [-0.2, -0.15) is 4.98 Å². The van der Waals surface area contributed by atoms with E-state index in [2.05, 4.69) is 41.4 Å². The van der Waals surface area contributed by atoms with Crippen LogP contribution in [0.25, 0.3) is 22.8 Å². The summed E-state index contributed by atoms with van der Waals surface area (Å²) in [5.74, 6) is 1.65. The Morgan fingerprint density at radius 2 is 1.68 bits per heavy atom. The molecule has 0 unspecified atom stereocenters. The molecule has 3 rings (SSSR count). The highest BCUT2D eigenvalue weighted by atomic mass is 16.5. The summed E-state index contributed by atoms with van der Waals surface area (Å²) in [5.41, 5.74) is 4.01. The second kappa shape index (κ2) is 9.17. The van der Waals surface area contributed by atoms with Crippen molar-refractivity contribution in [2.75, 3.05) is 6.61 Å². The van der Waals surface area contributed by atoms with Gasteiger partial charge < -0.3 is 14.6 Å². The summed E-state index contributed by atoms with van der Waals surface area (Å²) in [6.45, 7) is 6.94. The highest BCUT2D eigenvalue weighted by molar-refractivity contribution is 5.67. The summed E-state index contributed by atoms with van der Waals surface area (Å²) < 4.78 is 10.3. The molecule has 0 fully saturated rings. The number of carbonyl (C=O) groups is 1. The third-order valence-electron chi connectivity index (χ3n) is 4.20. The van der Waals surface area contributed by atoms with E-state index in [9.17, 15) is 4.79 Å². The second-order valence-corrected chi connectivity index (χ2v) is 6.99. The van der Waals surface area contributed by atoms with E-state index in [4.69, 9.17) is 9.26 Å². The van der Waals surface area contributed by atoms with Crippen LogP contribution in [-0.4, -0.2) is 22.8 Å². The summed E-state index contributed by atoms with van der Waals surface area (Å²) in [6, 6.07) is 15.9. The van der Waals surface area contributed by atoms with Gasteiger partial charge in [0.05, 0.1) is 6.61 Å². The maximum Gasteiger partial charge on any atom is 0.407 e. The number of carbonyl (C=O) groups excluding carboxylic acids is 1. The van der Waals surface area contributed by atoms with Crippen LogP contribution in [0.15, 0.2) is 53.1 Å². The molecule has 6 nitrogen and oxygen atoms in total. The third kappa shape index (κ3) is 5.19. The molecule has 3 aromatic rings. The number of nitrogens with one attached hydrogen (secondary N) is 1. The van der Waals surface area contributed by atoms with Gasteiger partial charge in [0.1, 0.15) is 0 Å². The number of ether oxygens (including phenoxy) is 1. The monoisotopic (exact) mass is 379 g/mol. The number of alkyl carbamates (subject to hydrolysis) is 1. The van der Waals surface area contributed by atoms with Gasteiger partial charge >= 0.3 is 6.09 Å². The molecule has 1 N–H and O–H groups in total. The second-order valence-electron chi connectivity index (χ2n) is 6.99. The average molecular weight is 379 g/mol. The van der Waals surface area contributed by atoms with Crippen LogP contribution in [0, 0.1) is 5.92 Å². The van der Waals surface area contributed by atoms with Gasteiger partial charge in [-0.1, -0.05) is 55.4 Å². The summed E-state index contributed by atoms with van der Waals surface area (Å²) in [5, 5.41) is 6.78. The van der Waals surface area contributed by atoms with E-state index in [1.54, 1.807) is 6.92 Å². The molecule has 28 heavy (non-hydrogen) atoms. The Morgan fingerprint density at radius 1 is 1.04 bits per heavy atom. The number of nitrogens with zero attached hydrogens (tertiary/aromatic N) is 2. The average Bonchev–Trinajstić information content (AvgIpc) is 3.17. The molecule has 0 spiro atoms. The number of benzene rings is 2. The number of rotatable bonds is 7. The Bertz CT molecular complexity index is 900. The van der Waals surface area contributed by atoms with Crippen molar-refractivity contribution >= 4 is 6.09 Å². The van der Waals surface area contributed by atoms with E-state index in [1.807, 2.05) is 36.4 Å². The van der Waals surface area contributed by atoms with Gasteiger partial charge in [-0.25, -0.2) is 4.79 Å². The van der Waals surface area contributed by atoms with Crippen LogP contribution in [0.1, 0.15) is 31.9 Å². The number of hydrogen-bond acceptors (Lipinski definition) is 5. The van der Waals surface area contributed by atoms with Gasteiger partial charge in [-0.15, -0.1) is 0 Å². The van der Waals surface area contributed by atoms with Crippen molar-refractivity contribution in [3.8, 4) is 22.8 Å². The van der Waals surface area contributed by atoms with Crippen LogP contribution in [0.5, 0.6) is 0 Å². The van der Waals surface area contributed by atoms with Crippen molar-refractivity contribution in [3.05, 3.63) is 59.7 Å². The van der Waals surface area contributed by atoms with Crippen LogP contribution in [0.3, 0.4) is 0 Å². The van der Waals surface area contributed by atoms with Gasteiger partial charge in [-0.3, -0.25) is 0 Å². The largest absolute Gasteiger partial charge is 0.450 e. The lowest BCUT2D eigenvalue weighted by Gasteiger charge is -2.05. The zero-order valence-corrected chi connectivity index (χ0v) is 16.4. The van der Waals surface area contributed by atoms with E-state index in [0.717, 1.165) is 23.1 Å². The van der Waals surface area contributed by atoms with Gasteiger partial charge in [-0.05, 0) is 42.5 Å². The zero-order chi connectivity index (χ0) is 19.9. The molecular formula is C22H25N3O3. The fourth-order valence-electron chi connectivity index (χ4n) is 2.84. The molecule has 1 heterocycles. The summed E-state index contributed by atoms with van der Waals surface area (Å²) in [6.07, 6.45) is 0.626. The Labute approximate surface area is 164 Å². The minimum absolute atomic E-state index is 0.353. The molecule has 2 aromatic carbocycles. The van der Waals surface area contributed by atoms with Gasteiger partial charge in [0.25, 0.3) is 5.89 Å². The zero-order valence-electron chi connectivity index (χ0n) is 16.4. The highest BCUT2D eigenvalue weighted by Gasteiger charge is 2.11. The highest BCUT2D eigenvalue weighted by Crippen LogP contribution is 2.23. The van der Waals surface area contributed by atoms with E-state index in [-0.39, 0.29) is 0 Å². The summed E-state index contributed by atoms with van der Waals surface area (Å²) >= 11 is 0. The molecule has 0 radical (unpaired) electrons. The topological polar surface area (TPSA) is 77.2 Å². The van der Waals surface area contributed by atoms with Crippen LogP contribution < -0.4 is 5.32 Å². The van der Waals surface area contributed by atoms with Crippen molar-refractivity contribution in [2.24, 2.45) is 5.92 Å². The molecule has 0 aliphatic heterocycles. The van der Waals surface area contributed by atoms with E-state index in [0.29, 0.717) is 30.8 Å². The lowest BCUT2D eigenvalue weighted by molar-refractivity contribution is 0.151. The van der Waals surface area contributed by atoms with Crippen LogP contribution >= 0.6 is 0 Å². The van der Waals surface area contributed by atoms with Crippen LogP contribution in [0.2, 0.25) is 0 Å². The SMILES string of the molecule is CCOC(=O)NCc1ccc(-c2noc(-c3ccc(CC(C)C)cc3)n2)cc1. The van der Waals surface area contributed by atoms with Gasteiger partial charge in [0, 0.05) is 17.7 Å². The van der Waals surface area contributed by atoms with Crippen molar-refractivity contribution < 1.29 is 14.1 Å². The first-order valence-electron chi connectivity index (χ1n) is 9.48. The first-order chi connectivity index (χ1) is 13.5. The van der Waals surface area contributed by atoms with Crippen LogP contribution in [-0.2, 0) is 17.7 Å². The smallest absolute Gasteiger partial charge is 0.407 e. The first-order valence-corrected chi connectivity index (χ1v) is 9.48. The fourth-order valence-corrected chi connectivity index (χ4v) is 2.84. The van der Waals surface area contributed by atoms with Crippen LogP contribution in [0.4, 0.5) is 4.79 Å². The van der Waals surface area contributed by atoms with Crippen molar-refractivity contribution in [1.29, 1.82) is 0 Å². The Balaban J connectivity index is 1.65. The minimum Gasteiger partial charge on any atom is -0.450 e. The van der Waals surface area contributed by atoms with E-state index >= 15 is 0 Å². The Hall–Kier alpha value is -3.15. The standard InChI is InChI=1S/C22H25N3O3/c1-4-27-22(26)23-14-17-7-9-18(10-8-17)20-24-21(28-25-20)19-11-5-16(6-12-19)13-15(2)3/h5-12,15H,4,13-14H2,1-3H3,(H,23,26). The molecule has 1 amide bonds. The molecule has 0 aliphatic carbocycles. The predicted molar refractivity (Wildman–Crippen MR) is 108 cm³/mol. The molecule has 1 aromatic heterocycles. The van der Waals surface area contributed by atoms with E-state index < -0.39 is 6.09 Å². The Morgan fingerprint density at radius 3 is 2.32 bits per heavy atom. The predicted octanol–water partition coefficient (Wildman–Crippen LogP) is 4.85. The van der Waals surface area contributed by atoms with Gasteiger partial charge in [0.15, 0.2) is 0 Å². The molecular weight excluding hydrogens is 354 g/mol. The molecule has 6 heteroatoms. The van der Waals surface area contributed by atoms with Gasteiger partial charge in [0.2, 0.25) is 5.82 Å². The number of aromatic nitrogens is 2. The molecule has 0 saturated carbocycles. The minimum atomic E-state index is -0.422. The summed E-state index contributed by atoms with van der Waals surface area (Å²) in [7, 11) is 0. The third-order valence-corrected chi connectivity index (χ3v) is 4.20. The van der Waals surface area contributed by atoms with Crippen molar-refractivity contribution in [2.45, 2.75) is 33.7 Å². The van der Waals surface area contributed by atoms with Crippen molar-refractivity contribution in [1.82, 2.24) is 15.5 Å². The van der Waals surface area contributed by atoms with E-state index in [1.165, 1.54) is 5.56 Å². The number of amides is 1. The quantitative estimate of drug-likeness (QED) is 0.635. The Kier molecular flexibility index (Phi) is 6.42. The number of hydrogen-bond donors (Lipinski definition) is 1. The fraction of sp³-hybridized carbons (Fsp3) is 0.318. The maximum atomic E-state index is 11.3. The van der Waals surface area contributed by atoms with Crippen molar-refractivity contribution in [3.63, 3.8) is 0 Å². The molecule has 146 valence electrons. The molecule has 0 atom stereocenters. The molecule has 0 saturated heterocycles. The first kappa shape index (κ1) is 19.6. The molecule has 0 aliphatic rings. The lowest BCUT2D eigenvalue weighted by Crippen LogP contribution is -2.23. The molecule has 0 bridgehead atoms.